The van der Waals surface area contributed by atoms with Crippen LogP contribution in [0.5, 0.6) is 0 Å². The molecule has 4 rings (SSSR count). The molecule has 2 aliphatic heterocycles. The topological polar surface area (TPSA) is 40.6 Å². The Morgan fingerprint density at radius 3 is 2.62 bits per heavy atom. The molecular formula is C17H20F2N2O2S. The van der Waals surface area contributed by atoms with Crippen molar-refractivity contribution in [2.45, 2.75) is 31.6 Å². The second kappa shape index (κ2) is 5.51. The third-order valence-corrected chi connectivity index (χ3v) is 6.48. The summed E-state index contributed by atoms with van der Waals surface area (Å²) >= 11 is 1.49. The smallest absolute Gasteiger partial charge is 0.282 e. The van der Waals surface area contributed by atoms with Crippen LogP contribution in [0, 0.1) is 11.3 Å². The van der Waals surface area contributed by atoms with Crippen molar-refractivity contribution < 1.29 is 18.4 Å². The molecule has 4 nitrogen and oxygen atoms in total. The van der Waals surface area contributed by atoms with Gasteiger partial charge in [-0.25, -0.2) is 8.78 Å². The van der Waals surface area contributed by atoms with Gasteiger partial charge in [-0.3, -0.25) is 9.59 Å². The molecule has 0 bridgehead atoms. The summed E-state index contributed by atoms with van der Waals surface area (Å²) in [5.74, 6) is -3.06. The van der Waals surface area contributed by atoms with E-state index in [4.69, 9.17) is 0 Å². The average Bonchev–Trinajstić information content (AvgIpc) is 3.25. The predicted octanol–water partition coefficient (Wildman–Crippen LogP) is 2.86. The van der Waals surface area contributed by atoms with Crippen LogP contribution in [0.3, 0.4) is 0 Å². The number of nitrogens with zero attached hydrogens (tertiary/aromatic N) is 2. The van der Waals surface area contributed by atoms with Crippen LogP contribution in [0.1, 0.15) is 36.0 Å². The molecule has 0 N–H and O–H groups in total. The first-order valence-electron chi connectivity index (χ1n) is 8.38. The fourth-order valence-electron chi connectivity index (χ4n) is 4.54. The maximum absolute atomic E-state index is 13.1. The summed E-state index contributed by atoms with van der Waals surface area (Å²) in [4.78, 5) is 28.3. The van der Waals surface area contributed by atoms with Crippen LogP contribution < -0.4 is 0 Å². The third-order valence-electron chi connectivity index (χ3n) is 5.80. The molecule has 2 atom stereocenters. The monoisotopic (exact) mass is 354 g/mol. The van der Waals surface area contributed by atoms with Gasteiger partial charge in [0.05, 0.1) is 18.7 Å². The van der Waals surface area contributed by atoms with Gasteiger partial charge in [-0.1, -0.05) is 6.42 Å². The first kappa shape index (κ1) is 16.0. The Bertz CT molecular complexity index is 656. The van der Waals surface area contributed by atoms with Crippen LogP contribution in [0.4, 0.5) is 8.78 Å². The number of halogens is 2. The van der Waals surface area contributed by atoms with E-state index in [2.05, 4.69) is 0 Å². The minimum Gasteiger partial charge on any atom is -0.338 e. The van der Waals surface area contributed by atoms with Crippen LogP contribution >= 0.6 is 11.3 Å². The zero-order valence-corrected chi connectivity index (χ0v) is 14.2. The van der Waals surface area contributed by atoms with Crippen molar-refractivity contribution in [2.75, 3.05) is 26.2 Å². The maximum atomic E-state index is 13.1. The zero-order valence-electron chi connectivity index (χ0n) is 13.3. The lowest BCUT2D eigenvalue weighted by molar-refractivity contribution is -0.172. The van der Waals surface area contributed by atoms with Gasteiger partial charge >= 0.3 is 0 Å². The Labute approximate surface area is 143 Å². The van der Waals surface area contributed by atoms with E-state index in [0.717, 1.165) is 25.7 Å². The second-order valence-corrected chi connectivity index (χ2v) is 8.13. The number of rotatable bonds is 2. The highest BCUT2D eigenvalue weighted by atomic mass is 32.1. The fraction of sp³-hybridized carbons (Fsp3) is 0.647. The molecule has 1 aliphatic carbocycles. The average molecular weight is 354 g/mol. The number of hydrogen-bond donors (Lipinski definition) is 0. The number of hydrogen-bond acceptors (Lipinski definition) is 3. The Hall–Kier alpha value is -1.50. The van der Waals surface area contributed by atoms with E-state index in [1.54, 1.807) is 0 Å². The molecule has 1 saturated carbocycles. The quantitative estimate of drug-likeness (QED) is 0.819. The molecule has 3 aliphatic rings. The number of thiophene rings is 1. The van der Waals surface area contributed by atoms with Gasteiger partial charge in [0.25, 0.3) is 11.8 Å². The summed E-state index contributed by atoms with van der Waals surface area (Å²) in [6, 6.07) is 1.82. The Morgan fingerprint density at radius 1 is 1.17 bits per heavy atom. The largest absolute Gasteiger partial charge is 0.338 e. The lowest BCUT2D eigenvalue weighted by atomic mass is 9.76. The molecule has 1 aromatic heterocycles. The van der Waals surface area contributed by atoms with E-state index < -0.39 is 19.0 Å². The van der Waals surface area contributed by atoms with E-state index in [1.807, 2.05) is 21.7 Å². The van der Waals surface area contributed by atoms with Gasteiger partial charge in [0.15, 0.2) is 0 Å². The highest BCUT2D eigenvalue weighted by Gasteiger charge is 2.55. The summed E-state index contributed by atoms with van der Waals surface area (Å²) in [5, 5.41) is 3.72. The summed E-state index contributed by atoms with van der Waals surface area (Å²) in [7, 11) is 0. The summed E-state index contributed by atoms with van der Waals surface area (Å²) < 4.78 is 26.2. The highest BCUT2D eigenvalue weighted by Crippen LogP contribution is 2.51. The van der Waals surface area contributed by atoms with Crippen molar-refractivity contribution in [3.63, 3.8) is 0 Å². The number of alkyl halides is 2. The van der Waals surface area contributed by atoms with Crippen molar-refractivity contribution in [3.8, 4) is 0 Å². The van der Waals surface area contributed by atoms with Gasteiger partial charge in [0, 0.05) is 29.8 Å². The molecule has 2 saturated heterocycles. The van der Waals surface area contributed by atoms with Crippen LogP contribution in [0.15, 0.2) is 16.8 Å². The molecule has 3 fully saturated rings. The van der Waals surface area contributed by atoms with E-state index in [0.29, 0.717) is 18.7 Å². The number of carbonyl (C=O) groups is 2. The van der Waals surface area contributed by atoms with Gasteiger partial charge in [0.2, 0.25) is 5.91 Å². The first-order chi connectivity index (χ1) is 11.4. The number of amides is 2. The molecule has 1 spiro atoms. The molecule has 2 amide bonds. The second-order valence-electron chi connectivity index (χ2n) is 7.35. The lowest BCUT2D eigenvalue weighted by Crippen LogP contribution is -2.60. The van der Waals surface area contributed by atoms with Gasteiger partial charge in [0.1, 0.15) is 0 Å². The molecule has 0 aromatic carbocycles. The number of likely N-dealkylation sites (tertiary alicyclic amines) is 2. The molecule has 0 radical (unpaired) electrons. The summed E-state index contributed by atoms with van der Waals surface area (Å²) in [5.41, 5.74) is 0.480. The standard InChI is InChI=1S/C17H20F2N2O2S/c18-17(19)10-21(11-17)15(23)13-2-1-4-16(13)5-6-20(9-16)14(22)12-3-7-24-8-12/h3,7-8,13H,1-2,4-6,9-11H2/t13-,16+/m0/s1. The van der Waals surface area contributed by atoms with Crippen LogP contribution in [0.2, 0.25) is 0 Å². The molecule has 7 heteroatoms. The van der Waals surface area contributed by atoms with Crippen molar-refractivity contribution in [1.29, 1.82) is 0 Å². The predicted molar refractivity (Wildman–Crippen MR) is 86.1 cm³/mol. The van der Waals surface area contributed by atoms with Crippen molar-refractivity contribution in [1.82, 2.24) is 9.80 Å². The van der Waals surface area contributed by atoms with E-state index in [9.17, 15) is 18.4 Å². The van der Waals surface area contributed by atoms with E-state index >= 15 is 0 Å². The van der Waals surface area contributed by atoms with Gasteiger partial charge < -0.3 is 9.80 Å². The van der Waals surface area contributed by atoms with E-state index in [-0.39, 0.29) is 23.1 Å². The highest BCUT2D eigenvalue weighted by molar-refractivity contribution is 7.08. The third kappa shape index (κ3) is 2.53. The molecule has 24 heavy (non-hydrogen) atoms. The van der Waals surface area contributed by atoms with Crippen LogP contribution in [-0.4, -0.2) is 53.7 Å². The first-order valence-corrected chi connectivity index (χ1v) is 9.33. The lowest BCUT2D eigenvalue weighted by Gasteiger charge is -2.42. The molecular weight excluding hydrogens is 334 g/mol. The van der Waals surface area contributed by atoms with E-state index in [1.165, 1.54) is 16.2 Å². The molecule has 130 valence electrons. The van der Waals surface area contributed by atoms with Crippen molar-refractivity contribution in [2.24, 2.45) is 11.3 Å². The maximum Gasteiger partial charge on any atom is 0.282 e. The normalized spacial score (nSPS) is 31.5. The van der Waals surface area contributed by atoms with Crippen LogP contribution in [0.25, 0.3) is 0 Å². The molecule has 1 aromatic rings. The minimum atomic E-state index is -2.72. The summed E-state index contributed by atoms with van der Waals surface area (Å²) in [6.07, 6.45) is 3.38. The van der Waals surface area contributed by atoms with Crippen LogP contribution in [-0.2, 0) is 4.79 Å². The molecule has 0 unspecified atom stereocenters. The Morgan fingerprint density at radius 2 is 1.96 bits per heavy atom. The zero-order chi connectivity index (χ0) is 16.9. The van der Waals surface area contributed by atoms with Crippen molar-refractivity contribution >= 4 is 23.2 Å². The summed E-state index contributed by atoms with van der Waals surface area (Å²) in [6.45, 7) is 0.322. The Balaban J connectivity index is 1.47. The number of carbonyl (C=O) groups excluding carboxylic acids is 2. The van der Waals surface area contributed by atoms with Gasteiger partial charge in [-0.05, 0) is 30.7 Å². The molecule has 3 heterocycles. The Kier molecular flexibility index (Phi) is 3.67. The van der Waals surface area contributed by atoms with Gasteiger partial charge in [-0.2, -0.15) is 11.3 Å². The minimum absolute atomic E-state index is 0.0155. The van der Waals surface area contributed by atoms with Crippen molar-refractivity contribution in [3.05, 3.63) is 22.4 Å². The SMILES string of the molecule is O=C(c1ccsc1)N1CC[C@]2(CCC[C@H]2C(=O)N2CC(F)(F)C2)C1. The van der Waals surface area contributed by atoms with Gasteiger partial charge in [-0.15, -0.1) is 0 Å². The fourth-order valence-corrected chi connectivity index (χ4v) is 5.17.